The van der Waals surface area contributed by atoms with E-state index in [1.807, 2.05) is 0 Å². The molecule has 0 unspecified atom stereocenters. The summed E-state index contributed by atoms with van der Waals surface area (Å²) in [6, 6.07) is 3.51. The number of amidine groups is 1. The van der Waals surface area contributed by atoms with Gasteiger partial charge in [-0.05, 0) is 17.7 Å². The normalized spacial score (nSPS) is 19.8. The van der Waals surface area contributed by atoms with Gasteiger partial charge in [0.05, 0.1) is 19.0 Å². The maximum Gasteiger partial charge on any atom is 0.269 e. The molecule has 0 bridgehead atoms. The monoisotopic (exact) mass is 398 g/mol. The van der Waals surface area contributed by atoms with Crippen molar-refractivity contribution in [2.75, 3.05) is 13.2 Å². The van der Waals surface area contributed by atoms with E-state index in [1.165, 1.54) is 24.5 Å². The summed E-state index contributed by atoms with van der Waals surface area (Å²) in [5.41, 5.74) is 3.26. The van der Waals surface area contributed by atoms with E-state index in [0.29, 0.717) is 5.56 Å². The number of benzene rings is 1. The van der Waals surface area contributed by atoms with Gasteiger partial charge in [-0.3, -0.25) is 9.79 Å². The highest BCUT2D eigenvalue weighted by molar-refractivity contribution is 6.29. The van der Waals surface area contributed by atoms with Gasteiger partial charge in [-0.2, -0.15) is 0 Å². The van der Waals surface area contributed by atoms with E-state index in [4.69, 9.17) is 22.1 Å². The number of hydrogen-bond donors (Lipinski definition) is 1. The van der Waals surface area contributed by atoms with Crippen LogP contribution in [0.15, 0.2) is 35.6 Å². The third-order valence-electron chi connectivity index (χ3n) is 4.04. The van der Waals surface area contributed by atoms with Gasteiger partial charge in [-0.1, -0.05) is 17.7 Å². The minimum absolute atomic E-state index is 0.0529. The quantitative estimate of drug-likeness (QED) is 0.782. The Labute approximate surface area is 157 Å². The maximum atomic E-state index is 14.4. The molecule has 2 aromatic rings. The predicted molar refractivity (Wildman–Crippen MR) is 91.6 cm³/mol. The van der Waals surface area contributed by atoms with Crippen molar-refractivity contribution in [2.24, 2.45) is 10.7 Å². The predicted octanol–water partition coefficient (Wildman–Crippen LogP) is 2.54. The van der Waals surface area contributed by atoms with E-state index in [9.17, 15) is 18.0 Å². The first kappa shape index (κ1) is 19.2. The van der Waals surface area contributed by atoms with Crippen molar-refractivity contribution < 1.29 is 22.7 Å². The number of hydrogen-bond acceptors (Lipinski definition) is 6. The Kier molecular flexibility index (Phi) is 5.43. The van der Waals surface area contributed by atoms with Crippen LogP contribution >= 0.6 is 11.6 Å². The Balaban J connectivity index is 1.95. The lowest BCUT2D eigenvalue weighted by atomic mass is 9.88. The molecule has 0 saturated heterocycles. The minimum Gasteiger partial charge on any atom is -0.385 e. The van der Waals surface area contributed by atoms with Crippen molar-refractivity contribution in [3.63, 3.8) is 0 Å². The van der Waals surface area contributed by atoms with Crippen molar-refractivity contribution >= 4 is 23.2 Å². The molecule has 0 saturated carbocycles. The van der Waals surface area contributed by atoms with E-state index >= 15 is 0 Å². The second kappa shape index (κ2) is 7.61. The molecule has 0 radical (unpaired) electrons. The number of nitrogens with zero attached hydrogens (tertiary/aromatic N) is 3. The number of halogens is 4. The smallest absolute Gasteiger partial charge is 0.269 e. The number of carbonyl (C=O) groups excluding carboxylic acids is 1. The molecule has 3 rings (SSSR count). The van der Waals surface area contributed by atoms with Crippen LogP contribution in [0, 0.1) is 5.82 Å². The average molecular weight is 399 g/mol. The molecule has 1 aromatic heterocycles. The summed E-state index contributed by atoms with van der Waals surface area (Å²) < 4.78 is 47.0. The molecule has 6 nitrogen and oxygen atoms in total. The van der Waals surface area contributed by atoms with E-state index in [1.54, 1.807) is 0 Å². The SMILES string of the molecule is NC1=N[C@@](c2cc(CC(=O)c3cnc(Cl)cn3)ccc2F)(C(F)F)COC1. The Morgan fingerprint density at radius 2 is 2.11 bits per heavy atom. The van der Waals surface area contributed by atoms with Crippen molar-refractivity contribution in [2.45, 2.75) is 18.4 Å². The molecule has 10 heteroatoms. The van der Waals surface area contributed by atoms with E-state index in [-0.39, 0.29) is 35.3 Å². The van der Waals surface area contributed by atoms with Gasteiger partial charge in [0.2, 0.25) is 0 Å². The number of aliphatic imine (C=N–C) groups is 1. The van der Waals surface area contributed by atoms with Crippen molar-refractivity contribution in [3.05, 3.63) is 58.4 Å². The number of carbonyl (C=O) groups is 1. The number of nitrogens with two attached hydrogens (primary N) is 1. The summed E-state index contributed by atoms with van der Waals surface area (Å²) in [7, 11) is 0. The molecule has 142 valence electrons. The number of ether oxygens (including phenoxy) is 1. The van der Waals surface area contributed by atoms with Crippen LogP contribution in [-0.4, -0.2) is 41.2 Å². The number of aromatic nitrogens is 2. The standard InChI is InChI=1S/C17H14ClF3N4O2/c18-14-6-23-12(5-24-14)13(26)4-9-1-2-11(19)10(3-9)17(16(20)21)8-27-7-15(22)25-17/h1-3,5-6,16H,4,7-8H2,(H2,22,25)/t17-/m0/s1. The number of Topliss-reactive ketones (excluding diaryl/α,β-unsaturated/α-hetero) is 1. The summed E-state index contributed by atoms with van der Waals surface area (Å²) in [4.78, 5) is 23.7. The number of alkyl halides is 2. The fourth-order valence-electron chi connectivity index (χ4n) is 2.75. The minimum atomic E-state index is -3.06. The van der Waals surface area contributed by atoms with Gasteiger partial charge >= 0.3 is 0 Å². The number of ketones is 1. The Morgan fingerprint density at radius 1 is 1.33 bits per heavy atom. The lowest BCUT2D eigenvalue weighted by molar-refractivity contribution is -0.0146. The van der Waals surface area contributed by atoms with Crippen LogP contribution in [0.3, 0.4) is 0 Å². The first-order chi connectivity index (χ1) is 12.8. The van der Waals surface area contributed by atoms with Crippen LogP contribution in [-0.2, 0) is 16.7 Å². The van der Waals surface area contributed by atoms with E-state index in [0.717, 1.165) is 6.07 Å². The summed E-state index contributed by atoms with van der Waals surface area (Å²) in [6.45, 7) is -0.633. The molecule has 2 N–H and O–H groups in total. The Morgan fingerprint density at radius 3 is 2.74 bits per heavy atom. The first-order valence-corrected chi connectivity index (χ1v) is 8.19. The molecule has 1 aromatic carbocycles. The van der Waals surface area contributed by atoms with Gasteiger partial charge in [0.1, 0.15) is 29.1 Å². The zero-order chi connectivity index (χ0) is 19.6. The van der Waals surface area contributed by atoms with Gasteiger partial charge in [0.25, 0.3) is 6.43 Å². The Bertz CT molecular complexity index is 892. The largest absolute Gasteiger partial charge is 0.385 e. The van der Waals surface area contributed by atoms with Crippen LogP contribution in [0.1, 0.15) is 21.6 Å². The molecule has 1 aliphatic heterocycles. The van der Waals surface area contributed by atoms with Gasteiger partial charge < -0.3 is 10.5 Å². The lowest BCUT2D eigenvalue weighted by Gasteiger charge is -2.33. The molecule has 27 heavy (non-hydrogen) atoms. The van der Waals surface area contributed by atoms with Crippen LogP contribution < -0.4 is 5.73 Å². The molecule has 2 heterocycles. The van der Waals surface area contributed by atoms with Crippen LogP contribution in [0.5, 0.6) is 0 Å². The second-order valence-corrected chi connectivity index (χ2v) is 6.35. The molecule has 1 atom stereocenters. The Hall–Kier alpha value is -2.52. The van der Waals surface area contributed by atoms with Crippen LogP contribution in [0.4, 0.5) is 13.2 Å². The van der Waals surface area contributed by atoms with Gasteiger partial charge in [0, 0.05) is 12.0 Å². The highest BCUT2D eigenvalue weighted by Crippen LogP contribution is 2.37. The highest BCUT2D eigenvalue weighted by Gasteiger charge is 2.46. The molecular weight excluding hydrogens is 385 g/mol. The highest BCUT2D eigenvalue weighted by atomic mass is 35.5. The van der Waals surface area contributed by atoms with Crippen LogP contribution in [0.25, 0.3) is 0 Å². The second-order valence-electron chi connectivity index (χ2n) is 5.96. The van der Waals surface area contributed by atoms with E-state index < -0.39 is 30.2 Å². The summed E-state index contributed by atoms with van der Waals surface area (Å²) in [6.07, 6.45) is -0.828. The molecule has 0 aliphatic carbocycles. The van der Waals surface area contributed by atoms with Crippen molar-refractivity contribution in [1.82, 2.24) is 9.97 Å². The van der Waals surface area contributed by atoms with Gasteiger partial charge in [-0.15, -0.1) is 0 Å². The third-order valence-corrected chi connectivity index (χ3v) is 4.24. The average Bonchev–Trinajstić information content (AvgIpc) is 2.63. The number of rotatable bonds is 5. The van der Waals surface area contributed by atoms with E-state index in [2.05, 4.69) is 15.0 Å². The van der Waals surface area contributed by atoms with Gasteiger partial charge in [0.15, 0.2) is 11.3 Å². The molecular formula is C17H14ClF3N4O2. The zero-order valence-electron chi connectivity index (χ0n) is 13.8. The summed E-state index contributed by atoms with van der Waals surface area (Å²) >= 11 is 5.63. The topological polar surface area (TPSA) is 90.5 Å². The molecule has 1 aliphatic rings. The van der Waals surface area contributed by atoms with Crippen molar-refractivity contribution in [3.8, 4) is 0 Å². The molecule has 0 spiro atoms. The third kappa shape index (κ3) is 3.93. The van der Waals surface area contributed by atoms with Crippen LogP contribution in [0.2, 0.25) is 5.15 Å². The first-order valence-electron chi connectivity index (χ1n) is 7.81. The van der Waals surface area contributed by atoms with Gasteiger partial charge in [-0.25, -0.2) is 23.1 Å². The summed E-state index contributed by atoms with van der Waals surface area (Å²) in [5, 5.41) is 0.127. The zero-order valence-corrected chi connectivity index (χ0v) is 14.6. The molecule has 0 fully saturated rings. The fourth-order valence-corrected chi connectivity index (χ4v) is 2.84. The lowest BCUT2D eigenvalue weighted by Crippen LogP contribution is -2.45. The summed E-state index contributed by atoms with van der Waals surface area (Å²) in [5.74, 6) is -1.47. The molecule has 0 amide bonds. The fraction of sp³-hybridized carbons (Fsp3) is 0.294. The van der Waals surface area contributed by atoms with Crippen molar-refractivity contribution in [1.29, 1.82) is 0 Å². The maximum absolute atomic E-state index is 14.4.